The highest BCUT2D eigenvalue weighted by Gasteiger charge is 2.37. The van der Waals surface area contributed by atoms with E-state index in [1.165, 1.54) is 132 Å². The summed E-state index contributed by atoms with van der Waals surface area (Å²) in [6, 6.07) is 138. The fraction of sp³-hybridized carbons (Fsp3) is 0.0609. The van der Waals surface area contributed by atoms with Gasteiger partial charge in [0.2, 0.25) is 0 Å². The van der Waals surface area contributed by atoms with Crippen molar-refractivity contribution in [1.82, 2.24) is 27.4 Å². The highest BCUT2D eigenvalue weighted by atomic mass is 16.3. The van der Waals surface area contributed by atoms with Gasteiger partial charge in [0, 0.05) is 110 Å². The summed E-state index contributed by atoms with van der Waals surface area (Å²) in [6.45, 7) is 9.46. The van der Waals surface area contributed by atoms with Crippen LogP contribution >= 0.6 is 0 Å². The van der Waals surface area contributed by atoms with E-state index in [4.69, 9.17) is 8.83 Å². The van der Waals surface area contributed by atoms with Crippen molar-refractivity contribution in [2.24, 2.45) is 0 Å². The van der Waals surface area contributed by atoms with Crippen LogP contribution in [0.4, 0.5) is 0 Å². The fourth-order valence-corrected chi connectivity index (χ4v) is 22.5. The van der Waals surface area contributed by atoms with Gasteiger partial charge in [-0.25, -0.2) is 0 Å². The Kier molecular flexibility index (Phi) is 13.9. The molecule has 18 aromatic carbocycles. The monoisotopic (exact) mass is 1570 g/mol. The summed E-state index contributed by atoms with van der Waals surface area (Å²) >= 11 is 0. The first-order valence-electron chi connectivity index (χ1n) is 42.8. The first kappa shape index (κ1) is 68.3. The van der Waals surface area contributed by atoms with Crippen molar-refractivity contribution in [2.45, 2.75) is 44.9 Å². The predicted molar refractivity (Wildman–Crippen MR) is 512 cm³/mol. The largest absolute Gasteiger partial charge is 0.455 e. The van der Waals surface area contributed by atoms with E-state index in [0.717, 1.165) is 128 Å². The van der Waals surface area contributed by atoms with Crippen molar-refractivity contribution in [3.8, 4) is 45.3 Å². The number of aromatic nitrogens is 6. The molecule has 8 nitrogen and oxygen atoms in total. The minimum atomic E-state index is -0.101. The van der Waals surface area contributed by atoms with Crippen LogP contribution < -0.4 is 0 Å². The maximum Gasteiger partial charge on any atom is 0.145 e. The normalized spacial score (nSPS) is 13.6. The fourth-order valence-electron chi connectivity index (χ4n) is 22.5. The van der Waals surface area contributed by atoms with E-state index in [2.05, 4.69) is 431 Å². The Morgan fingerprint density at radius 1 is 0.187 bits per heavy atom. The van der Waals surface area contributed by atoms with Gasteiger partial charge in [-0.05, 0) is 221 Å². The van der Waals surface area contributed by atoms with Crippen LogP contribution in [0.1, 0.15) is 61.1 Å². The van der Waals surface area contributed by atoms with Crippen LogP contribution in [0.25, 0.3) is 220 Å². The summed E-state index contributed by atoms with van der Waals surface area (Å²) < 4.78 is 29.1. The molecule has 0 fully saturated rings. The number of benzene rings is 18. The van der Waals surface area contributed by atoms with Crippen LogP contribution in [-0.2, 0) is 17.3 Å². The molecule has 0 radical (unpaired) electrons. The second kappa shape index (κ2) is 25.0. The van der Waals surface area contributed by atoms with E-state index in [1.807, 2.05) is 0 Å². The van der Waals surface area contributed by atoms with Crippen molar-refractivity contribution in [1.29, 1.82) is 0 Å². The molecule has 0 saturated carbocycles. The topological polar surface area (TPSA) is 55.9 Å². The maximum atomic E-state index is 7.32. The lowest BCUT2D eigenvalue weighted by molar-refractivity contribution is 0.610. The third kappa shape index (κ3) is 9.33. The van der Waals surface area contributed by atoms with Gasteiger partial charge in [-0.2, -0.15) is 0 Å². The Labute approximate surface area is 706 Å². The van der Waals surface area contributed by atoms with Crippen LogP contribution in [0.3, 0.4) is 0 Å². The molecule has 26 aromatic rings. The lowest BCUT2D eigenvalue weighted by Crippen LogP contribution is -2.27. The van der Waals surface area contributed by atoms with Crippen LogP contribution in [0.5, 0.6) is 0 Å². The zero-order chi connectivity index (χ0) is 81.0. The highest BCUT2D eigenvalue weighted by Crippen LogP contribution is 2.53. The van der Waals surface area contributed by atoms with E-state index in [0.29, 0.717) is 0 Å². The van der Waals surface area contributed by atoms with Crippen LogP contribution in [-0.4, -0.2) is 27.4 Å². The quantitative estimate of drug-likeness (QED) is 0.167. The lowest BCUT2D eigenvalue weighted by Gasteiger charge is -2.35. The Bertz CT molecular complexity index is 8830. The maximum absolute atomic E-state index is 7.32. The number of furan rings is 2. The van der Waals surface area contributed by atoms with Crippen molar-refractivity contribution in [3.05, 3.63) is 409 Å². The Balaban J connectivity index is 0.000000130. The number of hydrogen-bond donors (Lipinski definition) is 0. The molecular weight excluding hydrogens is 1500 g/mol. The van der Waals surface area contributed by atoms with Gasteiger partial charge in [-0.15, -0.1) is 0 Å². The molecule has 0 saturated heterocycles. The molecule has 123 heavy (non-hydrogen) atoms. The van der Waals surface area contributed by atoms with E-state index in [9.17, 15) is 0 Å². The van der Waals surface area contributed by atoms with E-state index in [1.54, 1.807) is 0 Å². The molecule has 28 rings (SSSR count). The SMILES string of the molecule is CC1(C)c2ccccc2Cc2ccc(-n3c4ccccc4c4c5oc6c(ccc7c6c6ccccc6n7-c6ccc7c(c6)C(C)(C)c6ccccc6-7)c5ccc43)cc21.c1ccc(-n2c3ccccc3c3cc(-n4c5ccccc5c5c6oc7c(ccc8c7c7ccccc7n8-c7ccc8c(c7)c7ccccc7n8-c7ccccc7)c6ccc54)ccc32)cc1. The molecule has 0 unspecified atom stereocenters. The number of hydrogen-bond acceptors (Lipinski definition) is 2. The molecule has 8 heteroatoms. The van der Waals surface area contributed by atoms with E-state index in [-0.39, 0.29) is 10.8 Å². The number of fused-ring (bicyclic) bond motifs is 33. The Hall–Kier alpha value is -15.6. The minimum absolute atomic E-state index is 0.0853. The first-order chi connectivity index (χ1) is 60.6. The second-order valence-electron chi connectivity index (χ2n) is 34.9. The molecule has 0 spiro atoms. The highest BCUT2D eigenvalue weighted by molar-refractivity contribution is 6.31. The van der Waals surface area contributed by atoms with Gasteiger partial charge in [0.1, 0.15) is 22.3 Å². The molecule has 0 amide bonds. The average molecular weight is 1570 g/mol. The second-order valence-corrected chi connectivity index (χ2v) is 34.9. The van der Waals surface area contributed by atoms with Crippen LogP contribution in [0.2, 0.25) is 0 Å². The van der Waals surface area contributed by atoms with E-state index < -0.39 is 0 Å². The molecule has 0 N–H and O–H groups in total. The first-order valence-corrected chi connectivity index (χ1v) is 42.8. The summed E-state index contributed by atoms with van der Waals surface area (Å²) in [6.07, 6.45) is 0.964. The van der Waals surface area contributed by atoms with Crippen LogP contribution in [0.15, 0.2) is 385 Å². The lowest BCUT2D eigenvalue weighted by atomic mass is 9.69. The third-order valence-electron chi connectivity index (χ3n) is 27.9. The third-order valence-corrected chi connectivity index (χ3v) is 27.9. The summed E-state index contributed by atoms with van der Waals surface area (Å²) in [5.41, 5.74) is 35.4. The summed E-state index contributed by atoms with van der Waals surface area (Å²) in [5, 5.41) is 18.7. The molecule has 8 heterocycles. The summed E-state index contributed by atoms with van der Waals surface area (Å²) in [4.78, 5) is 0. The van der Waals surface area contributed by atoms with Gasteiger partial charge in [0.25, 0.3) is 0 Å². The molecule has 2 aliphatic rings. The van der Waals surface area contributed by atoms with Gasteiger partial charge in [0.15, 0.2) is 0 Å². The molecule has 8 aromatic heterocycles. The summed E-state index contributed by atoms with van der Waals surface area (Å²) in [5.74, 6) is 0. The molecule has 578 valence electrons. The zero-order valence-electron chi connectivity index (χ0n) is 68.0. The van der Waals surface area contributed by atoms with Crippen molar-refractivity contribution in [3.63, 3.8) is 0 Å². The Morgan fingerprint density at radius 3 is 0.902 bits per heavy atom. The van der Waals surface area contributed by atoms with Gasteiger partial charge in [0.05, 0.1) is 87.7 Å². The Morgan fingerprint density at radius 2 is 0.472 bits per heavy atom. The minimum Gasteiger partial charge on any atom is -0.455 e. The molecule has 0 bridgehead atoms. The average Bonchev–Trinajstić information content (AvgIpc) is 1.54. The number of para-hydroxylation sites is 8. The van der Waals surface area contributed by atoms with Gasteiger partial charge < -0.3 is 36.2 Å². The summed E-state index contributed by atoms with van der Waals surface area (Å²) in [7, 11) is 0. The molecule has 2 aliphatic carbocycles. The van der Waals surface area contributed by atoms with Crippen molar-refractivity contribution >= 4 is 175 Å². The zero-order valence-corrected chi connectivity index (χ0v) is 68.0. The predicted octanol–water partition coefficient (Wildman–Crippen LogP) is 30.3. The van der Waals surface area contributed by atoms with Gasteiger partial charge >= 0.3 is 0 Å². The van der Waals surface area contributed by atoms with Gasteiger partial charge in [-0.1, -0.05) is 234 Å². The standard InChI is InChI=1S/C60H36N4O.C55H40N2O/c1-3-15-37(16-4-1)61-49-23-11-7-19-41(49)47-35-39(27-31-53(47)61)63-51-25-13-9-21-45(51)57-55(63)33-29-43-44-30-34-56-58(60(44)65-59(43)57)46-22-10-14-26-52(46)64(56)40-28-32-54-48(36-40)42-20-8-12-24-50(42)62(54)38-17-5-2-6-18-38;1-54(2)42-17-9-5-13-32(42)29-33-21-22-34(30-44(33)54)56-46-19-11-7-15-40(46)50-48(56)27-25-38-39-26-28-49-51(53(39)58-52(38)50)41-16-8-12-20-47(41)57(49)35-23-24-37-36-14-6-10-18-43(36)55(3,4)45(37)31-35/h1-36H;5-28,30-31H,29H2,1-4H3. The molecule has 0 aliphatic heterocycles. The van der Waals surface area contributed by atoms with Crippen molar-refractivity contribution < 1.29 is 8.83 Å². The van der Waals surface area contributed by atoms with E-state index >= 15 is 0 Å². The van der Waals surface area contributed by atoms with Crippen molar-refractivity contribution in [2.75, 3.05) is 0 Å². The van der Waals surface area contributed by atoms with Gasteiger partial charge in [-0.3, -0.25) is 0 Å². The number of rotatable bonds is 6. The number of nitrogens with zero attached hydrogens (tertiary/aromatic N) is 6. The molecule has 0 atom stereocenters. The smallest absolute Gasteiger partial charge is 0.145 e. The molecular formula is C115H76N6O2. The van der Waals surface area contributed by atoms with Crippen LogP contribution in [0, 0.1) is 0 Å².